The summed E-state index contributed by atoms with van der Waals surface area (Å²) in [5.41, 5.74) is 2.74. The summed E-state index contributed by atoms with van der Waals surface area (Å²) in [5, 5.41) is 5.78. The van der Waals surface area contributed by atoms with Crippen LogP contribution in [0.4, 0.5) is 5.69 Å². The van der Waals surface area contributed by atoms with Crippen LogP contribution in [0.15, 0.2) is 46.9 Å². The molecule has 0 spiro atoms. The van der Waals surface area contributed by atoms with Gasteiger partial charge < -0.3 is 10.6 Å². The highest BCUT2D eigenvalue weighted by Crippen LogP contribution is 2.21. The van der Waals surface area contributed by atoms with Crippen molar-refractivity contribution in [3.8, 4) is 0 Å². The molecule has 0 heterocycles. The lowest BCUT2D eigenvalue weighted by Gasteiger charge is -2.09. The van der Waals surface area contributed by atoms with Crippen LogP contribution in [0.5, 0.6) is 0 Å². The minimum Gasteiger partial charge on any atom is -0.349 e. The molecule has 1 aliphatic rings. The minimum atomic E-state index is -0.229. The standard InChI is InChI=1S/C18H17BrN2O2/c1-11-9-15(7-8-16(11)19)21-18(23)13-4-2-3-12(10-13)17(22)20-14-5-6-14/h2-4,7-10,14H,5-6H2,1H3,(H,20,22)(H,21,23). The number of hydrogen-bond acceptors (Lipinski definition) is 2. The maximum absolute atomic E-state index is 12.4. The highest BCUT2D eigenvalue weighted by Gasteiger charge is 2.24. The number of halogens is 1. The molecule has 1 fully saturated rings. The molecule has 2 N–H and O–H groups in total. The Labute approximate surface area is 143 Å². The lowest BCUT2D eigenvalue weighted by molar-refractivity contribution is 0.0951. The van der Waals surface area contributed by atoms with E-state index in [0.29, 0.717) is 17.2 Å². The van der Waals surface area contributed by atoms with Gasteiger partial charge in [0.2, 0.25) is 0 Å². The first-order valence-corrected chi connectivity index (χ1v) is 8.30. The Morgan fingerprint density at radius 3 is 2.39 bits per heavy atom. The number of rotatable bonds is 4. The normalized spacial score (nSPS) is 13.5. The van der Waals surface area contributed by atoms with Gasteiger partial charge in [0.05, 0.1) is 0 Å². The number of aryl methyl sites for hydroxylation is 1. The van der Waals surface area contributed by atoms with Crippen LogP contribution in [-0.2, 0) is 0 Å². The highest BCUT2D eigenvalue weighted by atomic mass is 79.9. The maximum Gasteiger partial charge on any atom is 0.255 e. The maximum atomic E-state index is 12.4. The molecular weight excluding hydrogens is 356 g/mol. The first-order valence-electron chi connectivity index (χ1n) is 7.51. The Morgan fingerprint density at radius 1 is 1.04 bits per heavy atom. The third kappa shape index (κ3) is 3.99. The third-order valence-corrected chi connectivity index (χ3v) is 4.61. The molecule has 2 aromatic rings. The molecule has 0 atom stereocenters. The predicted molar refractivity (Wildman–Crippen MR) is 93.8 cm³/mol. The molecule has 0 unspecified atom stereocenters. The van der Waals surface area contributed by atoms with Crippen LogP contribution in [0.2, 0.25) is 0 Å². The van der Waals surface area contributed by atoms with Crippen LogP contribution < -0.4 is 10.6 Å². The van der Waals surface area contributed by atoms with Gasteiger partial charge in [-0.3, -0.25) is 9.59 Å². The van der Waals surface area contributed by atoms with Crippen molar-refractivity contribution in [2.45, 2.75) is 25.8 Å². The number of carbonyl (C=O) groups excluding carboxylic acids is 2. The van der Waals surface area contributed by atoms with E-state index in [4.69, 9.17) is 0 Å². The molecule has 0 aromatic heterocycles. The van der Waals surface area contributed by atoms with Crippen molar-refractivity contribution in [1.82, 2.24) is 5.32 Å². The van der Waals surface area contributed by atoms with Gasteiger partial charge in [-0.05, 0) is 61.7 Å². The lowest BCUT2D eigenvalue weighted by Crippen LogP contribution is -2.25. The molecule has 3 rings (SSSR count). The second-order valence-corrected chi connectivity index (χ2v) is 6.60. The van der Waals surface area contributed by atoms with Gasteiger partial charge in [-0.25, -0.2) is 0 Å². The van der Waals surface area contributed by atoms with E-state index in [0.717, 1.165) is 28.6 Å². The molecule has 0 aliphatic heterocycles. The topological polar surface area (TPSA) is 58.2 Å². The van der Waals surface area contributed by atoms with E-state index in [1.165, 1.54) is 0 Å². The Kier molecular flexibility index (Phi) is 4.48. The molecule has 2 amide bonds. The smallest absolute Gasteiger partial charge is 0.255 e. The average molecular weight is 373 g/mol. The summed E-state index contributed by atoms with van der Waals surface area (Å²) in [7, 11) is 0. The van der Waals surface area contributed by atoms with Crippen LogP contribution in [0.1, 0.15) is 39.1 Å². The van der Waals surface area contributed by atoms with Crippen molar-refractivity contribution in [2.24, 2.45) is 0 Å². The zero-order valence-electron chi connectivity index (χ0n) is 12.7. The molecule has 118 valence electrons. The van der Waals surface area contributed by atoms with Crippen molar-refractivity contribution in [2.75, 3.05) is 5.32 Å². The Morgan fingerprint density at radius 2 is 1.74 bits per heavy atom. The monoisotopic (exact) mass is 372 g/mol. The summed E-state index contributed by atoms with van der Waals surface area (Å²) in [6, 6.07) is 12.7. The Bertz CT molecular complexity index is 769. The lowest BCUT2D eigenvalue weighted by atomic mass is 10.1. The molecular formula is C18H17BrN2O2. The first-order chi connectivity index (χ1) is 11.0. The summed E-state index contributed by atoms with van der Waals surface area (Å²) < 4.78 is 0.995. The fourth-order valence-electron chi connectivity index (χ4n) is 2.22. The van der Waals surface area contributed by atoms with E-state index in [-0.39, 0.29) is 11.8 Å². The SMILES string of the molecule is Cc1cc(NC(=O)c2cccc(C(=O)NC3CC3)c2)ccc1Br. The summed E-state index contributed by atoms with van der Waals surface area (Å²) in [4.78, 5) is 24.4. The molecule has 4 nitrogen and oxygen atoms in total. The molecule has 0 bridgehead atoms. The summed E-state index contributed by atoms with van der Waals surface area (Å²) in [6.45, 7) is 1.96. The molecule has 23 heavy (non-hydrogen) atoms. The fraction of sp³-hybridized carbons (Fsp3) is 0.222. The van der Waals surface area contributed by atoms with Crippen molar-refractivity contribution >= 4 is 33.4 Å². The van der Waals surface area contributed by atoms with Gasteiger partial charge in [0, 0.05) is 27.3 Å². The number of benzene rings is 2. The Hall–Kier alpha value is -2.14. The van der Waals surface area contributed by atoms with Gasteiger partial charge in [-0.15, -0.1) is 0 Å². The number of amides is 2. The first kappa shape index (κ1) is 15.7. The van der Waals surface area contributed by atoms with Gasteiger partial charge in [0.1, 0.15) is 0 Å². The average Bonchev–Trinajstić information content (AvgIpc) is 3.35. The van der Waals surface area contributed by atoms with E-state index in [1.807, 2.05) is 25.1 Å². The van der Waals surface area contributed by atoms with Crippen LogP contribution in [-0.4, -0.2) is 17.9 Å². The van der Waals surface area contributed by atoms with Crippen LogP contribution in [0, 0.1) is 6.92 Å². The summed E-state index contributed by atoms with van der Waals surface area (Å²) in [6.07, 6.45) is 2.07. The van der Waals surface area contributed by atoms with Crippen LogP contribution in [0.25, 0.3) is 0 Å². The second kappa shape index (κ2) is 6.54. The zero-order chi connectivity index (χ0) is 16.4. The second-order valence-electron chi connectivity index (χ2n) is 5.75. The van der Waals surface area contributed by atoms with Crippen molar-refractivity contribution in [1.29, 1.82) is 0 Å². The summed E-state index contributed by atoms with van der Waals surface area (Å²) >= 11 is 3.43. The third-order valence-electron chi connectivity index (χ3n) is 3.72. The van der Waals surface area contributed by atoms with E-state index in [2.05, 4.69) is 26.6 Å². The Balaban J connectivity index is 1.73. The predicted octanol–water partition coefficient (Wildman–Crippen LogP) is 3.90. The van der Waals surface area contributed by atoms with Gasteiger partial charge >= 0.3 is 0 Å². The number of carbonyl (C=O) groups is 2. The quantitative estimate of drug-likeness (QED) is 0.854. The number of nitrogens with one attached hydrogen (secondary N) is 2. The number of anilines is 1. The van der Waals surface area contributed by atoms with Gasteiger partial charge in [-0.2, -0.15) is 0 Å². The minimum absolute atomic E-state index is 0.123. The summed E-state index contributed by atoms with van der Waals surface area (Å²) in [5.74, 6) is -0.352. The van der Waals surface area contributed by atoms with E-state index >= 15 is 0 Å². The largest absolute Gasteiger partial charge is 0.349 e. The zero-order valence-corrected chi connectivity index (χ0v) is 14.3. The fourth-order valence-corrected chi connectivity index (χ4v) is 2.47. The highest BCUT2D eigenvalue weighted by molar-refractivity contribution is 9.10. The van der Waals surface area contributed by atoms with E-state index in [1.54, 1.807) is 24.3 Å². The van der Waals surface area contributed by atoms with Crippen molar-refractivity contribution in [3.05, 3.63) is 63.6 Å². The van der Waals surface area contributed by atoms with Crippen molar-refractivity contribution < 1.29 is 9.59 Å². The van der Waals surface area contributed by atoms with E-state index < -0.39 is 0 Å². The molecule has 0 radical (unpaired) electrons. The molecule has 5 heteroatoms. The van der Waals surface area contributed by atoms with Gasteiger partial charge in [0.15, 0.2) is 0 Å². The van der Waals surface area contributed by atoms with Crippen molar-refractivity contribution in [3.63, 3.8) is 0 Å². The van der Waals surface area contributed by atoms with Gasteiger partial charge in [-0.1, -0.05) is 22.0 Å². The molecule has 0 saturated heterocycles. The number of hydrogen-bond donors (Lipinski definition) is 2. The van der Waals surface area contributed by atoms with Crippen LogP contribution >= 0.6 is 15.9 Å². The van der Waals surface area contributed by atoms with Gasteiger partial charge in [0.25, 0.3) is 11.8 Å². The molecule has 1 aliphatic carbocycles. The molecule has 1 saturated carbocycles. The van der Waals surface area contributed by atoms with E-state index in [9.17, 15) is 9.59 Å². The van der Waals surface area contributed by atoms with Crippen LogP contribution in [0.3, 0.4) is 0 Å². The molecule has 2 aromatic carbocycles.